The Bertz CT molecular complexity index is 1190. The molecule has 4 N–H and O–H groups in total. The van der Waals surface area contributed by atoms with Gasteiger partial charge in [0.1, 0.15) is 5.82 Å². The quantitative estimate of drug-likeness (QED) is 0.374. The van der Waals surface area contributed by atoms with E-state index in [1.165, 1.54) is 13.2 Å². The molecule has 8 nitrogen and oxygen atoms in total. The first-order valence-corrected chi connectivity index (χ1v) is 15.0. The third-order valence-corrected chi connectivity index (χ3v) is 8.88. The SMILES string of the molecule is CCc1cccc(-c2c(F)cccc2[C@](O)(CCCNC(=O)OC)[C@@H]2CCCN(C(=O)N3CCC(CN)CC3)C2)c1. The Morgan fingerprint density at radius 3 is 2.59 bits per heavy atom. The first kappa shape index (κ1) is 30.8. The predicted molar refractivity (Wildman–Crippen MR) is 158 cm³/mol. The molecule has 0 bridgehead atoms. The normalized spacial score (nSPS) is 19.5. The molecule has 0 spiro atoms. The Labute approximate surface area is 243 Å². The molecule has 0 aliphatic carbocycles. The van der Waals surface area contributed by atoms with Crippen molar-refractivity contribution in [2.24, 2.45) is 17.6 Å². The van der Waals surface area contributed by atoms with Crippen molar-refractivity contribution in [3.8, 4) is 11.1 Å². The van der Waals surface area contributed by atoms with Gasteiger partial charge in [-0.25, -0.2) is 14.0 Å². The van der Waals surface area contributed by atoms with Crippen molar-refractivity contribution in [2.75, 3.05) is 46.4 Å². The van der Waals surface area contributed by atoms with Crippen molar-refractivity contribution in [2.45, 2.75) is 57.5 Å². The highest BCUT2D eigenvalue weighted by molar-refractivity contribution is 5.75. The summed E-state index contributed by atoms with van der Waals surface area (Å²) in [5.74, 6) is -0.252. The molecule has 2 aromatic carbocycles. The number of rotatable bonds is 9. The lowest BCUT2D eigenvalue weighted by atomic mass is 9.72. The van der Waals surface area contributed by atoms with Crippen LogP contribution in [0.5, 0.6) is 0 Å². The summed E-state index contributed by atoms with van der Waals surface area (Å²) in [6.07, 6.45) is 4.26. The van der Waals surface area contributed by atoms with Crippen LogP contribution in [0.2, 0.25) is 0 Å². The monoisotopic (exact) mass is 568 g/mol. The van der Waals surface area contributed by atoms with Crippen molar-refractivity contribution in [3.05, 3.63) is 59.4 Å². The zero-order valence-corrected chi connectivity index (χ0v) is 24.4. The fourth-order valence-corrected chi connectivity index (χ4v) is 6.40. The van der Waals surface area contributed by atoms with E-state index in [0.717, 1.165) is 36.8 Å². The lowest BCUT2D eigenvalue weighted by Crippen LogP contribution is -2.53. The van der Waals surface area contributed by atoms with E-state index in [0.29, 0.717) is 69.2 Å². The van der Waals surface area contributed by atoms with E-state index in [2.05, 4.69) is 12.2 Å². The number of ether oxygens (including phenoxy) is 1. The Morgan fingerprint density at radius 1 is 1.12 bits per heavy atom. The van der Waals surface area contributed by atoms with Crippen LogP contribution in [0.1, 0.15) is 56.6 Å². The van der Waals surface area contributed by atoms with Crippen LogP contribution < -0.4 is 11.1 Å². The highest BCUT2D eigenvalue weighted by atomic mass is 19.1. The van der Waals surface area contributed by atoms with Crippen molar-refractivity contribution in [1.82, 2.24) is 15.1 Å². The number of alkyl carbamates (subject to hydrolysis) is 1. The minimum atomic E-state index is -1.43. The number of nitrogens with two attached hydrogens (primary N) is 1. The smallest absolute Gasteiger partial charge is 0.406 e. The maximum atomic E-state index is 15.7. The van der Waals surface area contributed by atoms with Gasteiger partial charge in [-0.15, -0.1) is 0 Å². The molecule has 0 saturated carbocycles. The van der Waals surface area contributed by atoms with Crippen LogP contribution in [-0.2, 0) is 16.8 Å². The van der Waals surface area contributed by atoms with Crippen molar-refractivity contribution in [1.29, 1.82) is 0 Å². The summed E-state index contributed by atoms with van der Waals surface area (Å²) in [5.41, 5.74) is 7.12. The van der Waals surface area contributed by atoms with Gasteiger partial charge in [-0.3, -0.25) is 0 Å². The average molecular weight is 569 g/mol. The number of nitrogens with one attached hydrogen (secondary N) is 1. The lowest BCUT2D eigenvalue weighted by Gasteiger charge is -2.45. The van der Waals surface area contributed by atoms with Gasteiger partial charge in [-0.1, -0.05) is 43.3 Å². The van der Waals surface area contributed by atoms with Crippen molar-refractivity contribution >= 4 is 12.1 Å². The molecule has 0 radical (unpaired) electrons. The number of benzene rings is 2. The molecule has 3 amide bonds. The van der Waals surface area contributed by atoms with Gasteiger partial charge < -0.3 is 30.7 Å². The number of amides is 3. The molecule has 2 fully saturated rings. The summed E-state index contributed by atoms with van der Waals surface area (Å²) in [5, 5.41) is 15.3. The van der Waals surface area contributed by atoms with Gasteiger partial charge in [0, 0.05) is 44.2 Å². The van der Waals surface area contributed by atoms with Crippen LogP contribution in [0.25, 0.3) is 11.1 Å². The second-order valence-electron chi connectivity index (χ2n) is 11.4. The van der Waals surface area contributed by atoms with Gasteiger partial charge in [-0.2, -0.15) is 0 Å². The van der Waals surface area contributed by atoms with E-state index in [4.69, 9.17) is 10.5 Å². The van der Waals surface area contributed by atoms with Crippen LogP contribution in [0.4, 0.5) is 14.0 Å². The maximum Gasteiger partial charge on any atom is 0.406 e. The number of carbonyl (C=O) groups is 2. The number of nitrogens with zero attached hydrogens (tertiary/aromatic N) is 2. The molecular weight excluding hydrogens is 523 g/mol. The van der Waals surface area contributed by atoms with Crippen LogP contribution in [0.15, 0.2) is 42.5 Å². The van der Waals surface area contributed by atoms with Crippen LogP contribution in [0, 0.1) is 17.7 Å². The molecule has 2 aliphatic rings. The summed E-state index contributed by atoms with van der Waals surface area (Å²) in [4.78, 5) is 29.0. The molecule has 2 aliphatic heterocycles. The topological polar surface area (TPSA) is 108 Å². The van der Waals surface area contributed by atoms with E-state index >= 15 is 4.39 Å². The van der Waals surface area contributed by atoms with Gasteiger partial charge in [-0.05, 0) is 80.2 Å². The molecule has 2 heterocycles. The predicted octanol–water partition coefficient (Wildman–Crippen LogP) is 4.88. The van der Waals surface area contributed by atoms with E-state index in [-0.39, 0.29) is 18.4 Å². The average Bonchev–Trinajstić information content (AvgIpc) is 3.02. The molecule has 2 aromatic rings. The number of aryl methyl sites for hydroxylation is 1. The van der Waals surface area contributed by atoms with Crippen LogP contribution >= 0.6 is 0 Å². The number of halogens is 1. The summed E-state index contributed by atoms with van der Waals surface area (Å²) in [6.45, 7) is 5.37. The third kappa shape index (κ3) is 7.19. The molecule has 0 aromatic heterocycles. The number of carbonyl (C=O) groups excluding carboxylic acids is 2. The largest absolute Gasteiger partial charge is 0.453 e. The van der Waals surface area contributed by atoms with E-state index < -0.39 is 17.5 Å². The van der Waals surface area contributed by atoms with E-state index in [9.17, 15) is 14.7 Å². The number of piperidine rings is 2. The first-order valence-electron chi connectivity index (χ1n) is 15.0. The fourth-order valence-electron chi connectivity index (χ4n) is 6.40. The highest BCUT2D eigenvalue weighted by Gasteiger charge is 2.43. The highest BCUT2D eigenvalue weighted by Crippen LogP contribution is 2.44. The number of likely N-dealkylation sites (tertiary alicyclic amines) is 2. The van der Waals surface area contributed by atoms with E-state index in [1.54, 1.807) is 6.07 Å². The number of urea groups is 1. The Kier molecular flexibility index (Phi) is 10.6. The zero-order valence-electron chi connectivity index (χ0n) is 24.4. The molecular formula is C32H45FN4O4. The van der Waals surface area contributed by atoms with Crippen LogP contribution in [0.3, 0.4) is 0 Å². The summed E-state index contributed by atoms with van der Waals surface area (Å²) in [7, 11) is 1.31. The first-order chi connectivity index (χ1) is 19.8. The number of hydrogen-bond acceptors (Lipinski definition) is 5. The standard InChI is InChI=1S/C32H45FN4O4/c1-3-23-8-4-9-25(20-23)29-27(11-5-12-28(29)33)32(40,15-7-16-35-30(38)41-2)26-10-6-17-37(22-26)31(39)36-18-13-24(21-34)14-19-36/h4-5,8-9,11-12,20,24,26,40H,3,6-7,10,13-19,21-22,34H2,1-2H3,(H,35,38)/t26-,32+/m1/s1. The Balaban J connectivity index is 1.65. The third-order valence-electron chi connectivity index (χ3n) is 8.88. The Hall–Kier alpha value is -3.17. The zero-order chi connectivity index (χ0) is 29.4. The van der Waals surface area contributed by atoms with Crippen molar-refractivity contribution < 1.29 is 23.8 Å². The molecule has 2 saturated heterocycles. The van der Waals surface area contributed by atoms with Gasteiger partial charge in [0.15, 0.2) is 0 Å². The number of aliphatic hydroxyl groups is 1. The second-order valence-corrected chi connectivity index (χ2v) is 11.4. The van der Waals surface area contributed by atoms with Crippen LogP contribution in [-0.4, -0.2) is 73.4 Å². The van der Waals surface area contributed by atoms with Gasteiger partial charge in [0.2, 0.25) is 0 Å². The molecule has 4 rings (SSSR count). The molecule has 0 unspecified atom stereocenters. The second kappa shape index (κ2) is 14.1. The van der Waals surface area contributed by atoms with E-state index in [1.807, 2.05) is 40.1 Å². The van der Waals surface area contributed by atoms with Crippen molar-refractivity contribution in [3.63, 3.8) is 0 Å². The fraction of sp³-hybridized carbons (Fsp3) is 0.562. The molecule has 41 heavy (non-hydrogen) atoms. The summed E-state index contributed by atoms with van der Waals surface area (Å²) >= 11 is 0. The van der Waals surface area contributed by atoms with Gasteiger partial charge >= 0.3 is 12.1 Å². The molecule has 9 heteroatoms. The minimum Gasteiger partial charge on any atom is -0.453 e. The molecule has 224 valence electrons. The summed E-state index contributed by atoms with van der Waals surface area (Å²) < 4.78 is 20.3. The lowest BCUT2D eigenvalue weighted by molar-refractivity contribution is -0.0566. The summed E-state index contributed by atoms with van der Waals surface area (Å²) in [6, 6.07) is 12.7. The molecule has 2 atom stereocenters. The number of methoxy groups -OCH3 is 1. The minimum absolute atomic E-state index is 0.00464. The van der Waals surface area contributed by atoms with Gasteiger partial charge in [0.05, 0.1) is 12.7 Å². The number of hydrogen-bond donors (Lipinski definition) is 3. The van der Waals surface area contributed by atoms with Gasteiger partial charge in [0.25, 0.3) is 0 Å². The Morgan fingerprint density at radius 2 is 1.88 bits per heavy atom. The maximum absolute atomic E-state index is 15.7.